The molecule has 0 atom stereocenters. The van der Waals surface area contributed by atoms with Gasteiger partial charge in [0.15, 0.2) is 0 Å². The normalized spacial score (nSPS) is 11.4. The van der Waals surface area contributed by atoms with Crippen LogP contribution in [-0.2, 0) is 34.0 Å². The third-order valence-corrected chi connectivity index (χ3v) is 4.43. The molecular formula is C13H15ClN4O3S. The molecule has 1 aromatic heterocycles. The summed E-state index contributed by atoms with van der Waals surface area (Å²) >= 11 is 5.92. The first-order valence-corrected chi connectivity index (χ1v) is 8.51. The Hall–Kier alpha value is -1.93. The fraction of sp³-hybridized carbons (Fsp3) is 0.308. The molecule has 1 heterocycles. The molecule has 1 aromatic carbocycles. The zero-order valence-electron chi connectivity index (χ0n) is 11.9. The number of aryl methyl sites for hydroxylation is 2. The summed E-state index contributed by atoms with van der Waals surface area (Å²) in [6.07, 6.45) is 1.87. The molecule has 118 valence electrons. The average Bonchev–Trinajstić information content (AvgIpc) is 2.84. The van der Waals surface area contributed by atoms with Crippen LogP contribution >= 0.6 is 11.6 Å². The Kier molecular flexibility index (Phi) is 5.15. The van der Waals surface area contributed by atoms with Gasteiger partial charge in [0.1, 0.15) is 0 Å². The zero-order valence-corrected chi connectivity index (χ0v) is 13.4. The second kappa shape index (κ2) is 6.89. The van der Waals surface area contributed by atoms with E-state index in [1.165, 1.54) is 11.0 Å². The number of nitrogens with zero attached hydrogens (tertiary/aromatic N) is 3. The molecule has 0 aliphatic rings. The quantitative estimate of drug-likeness (QED) is 0.846. The molecule has 0 spiro atoms. The van der Waals surface area contributed by atoms with Crippen molar-refractivity contribution in [3.63, 3.8) is 0 Å². The fourth-order valence-electron chi connectivity index (χ4n) is 1.82. The van der Waals surface area contributed by atoms with Gasteiger partial charge in [0.25, 0.3) is 0 Å². The zero-order chi connectivity index (χ0) is 16.2. The van der Waals surface area contributed by atoms with Crippen LogP contribution in [0.4, 0.5) is 0 Å². The SMILES string of the molecule is Cn1ncc(CCC(=O)NS(=O)(=O)Cc2ccccc2Cl)n1. The first kappa shape index (κ1) is 16.4. The van der Waals surface area contributed by atoms with Gasteiger partial charge < -0.3 is 0 Å². The number of carbonyl (C=O) groups is 1. The molecule has 0 radical (unpaired) electrons. The summed E-state index contributed by atoms with van der Waals surface area (Å²) in [6, 6.07) is 6.60. The molecule has 2 rings (SSSR count). The van der Waals surface area contributed by atoms with Crippen LogP contribution in [0.3, 0.4) is 0 Å². The van der Waals surface area contributed by atoms with Gasteiger partial charge in [-0.1, -0.05) is 29.8 Å². The Morgan fingerprint density at radius 1 is 1.36 bits per heavy atom. The summed E-state index contributed by atoms with van der Waals surface area (Å²) in [6.45, 7) is 0. The Morgan fingerprint density at radius 3 is 2.73 bits per heavy atom. The van der Waals surface area contributed by atoms with E-state index in [9.17, 15) is 13.2 Å². The Morgan fingerprint density at radius 2 is 2.09 bits per heavy atom. The molecule has 1 amide bonds. The highest BCUT2D eigenvalue weighted by Crippen LogP contribution is 2.17. The number of sulfonamides is 1. The van der Waals surface area contributed by atoms with Crippen LogP contribution in [0.5, 0.6) is 0 Å². The minimum absolute atomic E-state index is 0.0143. The first-order chi connectivity index (χ1) is 10.4. The van der Waals surface area contributed by atoms with Crippen LogP contribution in [0.15, 0.2) is 30.5 Å². The van der Waals surface area contributed by atoms with Crippen LogP contribution in [0.25, 0.3) is 0 Å². The van der Waals surface area contributed by atoms with Crippen LogP contribution in [-0.4, -0.2) is 29.3 Å². The number of amides is 1. The predicted octanol–water partition coefficient (Wildman–Crippen LogP) is 1.05. The van der Waals surface area contributed by atoms with Crippen LogP contribution in [0.2, 0.25) is 5.02 Å². The molecule has 1 N–H and O–H groups in total. The molecule has 0 unspecified atom stereocenters. The molecule has 0 bridgehead atoms. The van der Waals surface area contributed by atoms with Gasteiger partial charge in [-0.05, 0) is 11.6 Å². The van der Waals surface area contributed by atoms with Crippen molar-refractivity contribution in [1.82, 2.24) is 19.7 Å². The summed E-state index contributed by atoms with van der Waals surface area (Å²) in [4.78, 5) is 13.1. The maximum atomic E-state index is 12.0. The van der Waals surface area contributed by atoms with Crippen molar-refractivity contribution < 1.29 is 13.2 Å². The van der Waals surface area contributed by atoms with Crippen molar-refractivity contribution in [1.29, 1.82) is 0 Å². The second-order valence-corrected chi connectivity index (χ2v) is 6.83. The molecule has 7 nitrogen and oxygen atoms in total. The van der Waals surface area contributed by atoms with Crippen molar-refractivity contribution in [2.75, 3.05) is 0 Å². The Balaban J connectivity index is 1.91. The third-order valence-electron chi connectivity index (χ3n) is 2.83. The predicted molar refractivity (Wildman–Crippen MR) is 81.5 cm³/mol. The maximum absolute atomic E-state index is 12.0. The molecular weight excluding hydrogens is 328 g/mol. The minimum atomic E-state index is -3.78. The van der Waals surface area contributed by atoms with Crippen LogP contribution in [0.1, 0.15) is 17.7 Å². The second-order valence-electron chi connectivity index (χ2n) is 4.70. The topological polar surface area (TPSA) is 94.0 Å². The molecule has 9 heteroatoms. The lowest BCUT2D eigenvalue weighted by molar-refractivity contribution is -0.119. The van der Waals surface area contributed by atoms with Gasteiger partial charge >= 0.3 is 0 Å². The van der Waals surface area contributed by atoms with Gasteiger partial charge in [0.05, 0.1) is 17.6 Å². The van der Waals surface area contributed by atoms with Crippen molar-refractivity contribution in [2.45, 2.75) is 18.6 Å². The average molecular weight is 343 g/mol. The standard InChI is InChI=1S/C13H15ClN4O3S/c1-18-15-8-11(16-18)6-7-13(19)17-22(20,21)9-10-4-2-3-5-12(10)14/h2-5,8H,6-7,9H2,1H3,(H,17,19). The summed E-state index contributed by atoms with van der Waals surface area (Å²) in [5, 5.41) is 8.24. The number of rotatable bonds is 6. The third kappa shape index (κ3) is 4.81. The maximum Gasteiger partial charge on any atom is 0.239 e. The van der Waals surface area contributed by atoms with E-state index in [1.54, 1.807) is 31.3 Å². The van der Waals surface area contributed by atoms with Crippen molar-refractivity contribution in [3.8, 4) is 0 Å². The largest absolute Gasteiger partial charge is 0.274 e. The fourth-order valence-corrected chi connectivity index (χ4v) is 3.29. The lowest BCUT2D eigenvalue weighted by Crippen LogP contribution is -2.31. The van der Waals surface area contributed by atoms with Crippen molar-refractivity contribution >= 4 is 27.5 Å². The highest BCUT2D eigenvalue weighted by molar-refractivity contribution is 7.89. The van der Waals surface area contributed by atoms with Gasteiger partial charge in [-0.25, -0.2) is 8.42 Å². The summed E-state index contributed by atoms with van der Waals surface area (Å²) in [5.41, 5.74) is 1.07. The highest BCUT2D eigenvalue weighted by atomic mass is 35.5. The van der Waals surface area contributed by atoms with E-state index < -0.39 is 15.9 Å². The highest BCUT2D eigenvalue weighted by Gasteiger charge is 2.17. The number of halogens is 1. The van der Waals surface area contributed by atoms with Gasteiger partial charge in [-0.2, -0.15) is 15.0 Å². The smallest absolute Gasteiger partial charge is 0.239 e. The first-order valence-electron chi connectivity index (χ1n) is 6.47. The van der Waals surface area contributed by atoms with E-state index >= 15 is 0 Å². The monoisotopic (exact) mass is 342 g/mol. The lowest BCUT2D eigenvalue weighted by Gasteiger charge is -2.07. The molecule has 0 aliphatic heterocycles. The Bertz CT molecular complexity index is 773. The molecule has 2 aromatic rings. The van der Waals surface area contributed by atoms with Gasteiger partial charge in [0.2, 0.25) is 15.9 Å². The summed E-state index contributed by atoms with van der Waals surface area (Å²) < 4.78 is 25.9. The number of nitrogens with one attached hydrogen (secondary N) is 1. The summed E-state index contributed by atoms with van der Waals surface area (Å²) in [5.74, 6) is -0.929. The number of hydrogen-bond donors (Lipinski definition) is 1. The lowest BCUT2D eigenvalue weighted by atomic mass is 10.2. The van der Waals surface area contributed by atoms with E-state index in [0.717, 1.165) is 0 Å². The number of aromatic nitrogens is 3. The number of hydrogen-bond acceptors (Lipinski definition) is 5. The van der Waals surface area contributed by atoms with Crippen LogP contribution < -0.4 is 4.72 Å². The molecule has 22 heavy (non-hydrogen) atoms. The van der Waals surface area contributed by atoms with E-state index in [-0.39, 0.29) is 12.2 Å². The van der Waals surface area contributed by atoms with Crippen molar-refractivity contribution in [3.05, 3.63) is 46.7 Å². The number of carbonyl (C=O) groups excluding carboxylic acids is 1. The van der Waals surface area contributed by atoms with E-state index in [0.29, 0.717) is 22.7 Å². The number of benzene rings is 1. The minimum Gasteiger partial charge on any atom is -0.274 e. The summed E-state index contributed by atoms with van der Waals surface area (Å²) in [7, 11) is -2.12. The van der Waals surface area contributed by atoms with E-state index in [4.69, 9.17) is 11.6 Å². The molecule has 0 fully saturated rings. The van der Waals surface area contributed by atoms with E-state index in [2.05, 4.69) is 10.2 Å². The van der Waals surface area contributed by atoms with Gasteiger partial charge in [0, 0.05) is 24.9 Å². The van der Waals surface area contributed by atoms with E-state index in [1.807, 2.05) is 4.72 Å². The van der Waals surface area contributed by atoms with Gasteiger partial charge in [-0.3, -0.25) is 9.52 Å². The molecule has 0 saturated heterocycles. The Labute approximate surface area is 133 Å². The van der Waals surface area contributed by atoms with Gasteiger partial charge in [-0.15, -0.1) is 0 Å². The molecule has 0 aliphatic carbocycles. The van der Waals surface area contributed by atoms with Crippen molar-refractivity contribution in [2.24, 2.45) is 7.05 Å². The van der Waals surface area contributed by atoms with Crippen LogP contribution in [0, 0.1) is 0 Å². The molecule has 0 saturated carbocycles.